The number of aliphatic hydroxyl groups excluding tert-OH is 1. The van der Waals surface area contributed by atoms with Crippen molar-refractivity contribution in [1.29, 1.82) is 0 Å². The van der Waals surface area contributed by atoms with E-state index in [1.165, 1.54) is 19.3 Å². The van der Waals surface area contributed by atoms with Crippen molar-refractivity contribution in [2.24, 2.45) is 16.8 Å². The highest BCUT2D eigenvalue weighted by Gasteiger charge is 2.36. The fraction of sp³-hybridized carbons (Fsp3) is 0.938. The van der Waals surface area contributed by atoms with Gasteiger partial charge in [-0.25, -0.2) is 0 Å². The van der Waals surface area contributed by atoms with Crippen molar-refractivity contribution in [3.63, 3.8) is 0 Å². The molecule has 4 nitrogen and oxygen atoms in total. The number of hydrogen-bond acceptors (Lipinski definition) is 2. The number of nitrogens with zero attached hydrogens (tertiary/aromatic N) is 1. The van der Waals surface area contributed by atoms with Crippen molar-refractivity contribution in [2.75, 3.05) is 19.7 Å². The summed E-state index contributed by atoms with van der Waals surface area (Å²) in [5, 5.41) is 16.0. The zero-order chi connectivity index (χ0) is 14.8. The average molecular weight is 411 g/mol. The predicted octanol–water partition coefficient (Wildman–Crippen LogP) is 3.15. The molecule has 0 aromatic heterocycles. The summed E-state index contributed by atoms with van der Waals surface area (Å²) >= 11 is 0. The summed E-state index contributed by atoms with van der Waals surface area (Å²) < 4.78 is 0. The second-order valence-corrected chi connectivity index (χ2v) is 5.92. The Morgan fingerprint density at radius 2 is 2.00 bits per heavy atom. The van der Waals surface area contributed by atoms with Crippen LogP contribution >= 0.6 is 24.0 Å². The summed E-state index contributed by atoms with van der Waals surface area (Å²) in [6, 6.07) is 0.621. The molecule has 0 spiro atoms. The molecule has 3 atom stereocenters. The third-order valence-electron chi connectivity index (χ3n) is 3.99. The first-order chi connectivity index (χ1) is 9.74. The Balaban J connectivity index is 0.00000400. The van der Waals surface area contributed by atoms with Gasteiger partial charge in [-0.1, -0.05) is 26.7 Å². The Kier molecular flexibility index (Phi) is 12.5. The summed E-state index contributed by atoms with van der Waals surface area (Å²) in [7, 11) is 0. The van der Waals surface area contributed by atoms with Crippen LogP contribution in [-0.4, -0.2) is 36.8 Å². The summed E-state index contributed by atoms with van der Waals surface area (Å²) in [5.74, 6) is 2.30. The normalized spacial score (nSPS) is 22.4. The van der Waals surface area contributed by atoms with Crippen LogP contribution in [0.3, 0.4) is 0 Å². The number of hydrogen-bond donors (Lipinski definition) is 3. The van der Waals surface area contributed by atoms with Crippen LogP contribution in [0.2, 0.25) is 0 Å². The Bertz CT molecular complexity index is 281. The van der Waals surface area contributed by atoms with Gasteiger partial charge < -0.3 is 15.7 Å². The van der Waals surface area contributed by atoms with Crippen molar-refractivity contribution in [2.45, 2.75) is 65.3 Å². The van der Waals surface area contributed by atoms with Crippen molar-refractivity contribution in [3.8, 4) is 0 Å². The fourth-order valence-electron chi connectivity index (χ4n) is 2.75. The number of halogens is 1. The average Bonchev–Trinajstić information content (AvgIpc) is 3.15. The first kappa shape index (κ1) is 21.0. The van der Waals surface area contributed by atoms with E-state index < -0.39 is 0 Å². The lowest BCUT2D eigenvalue weighted by Crippen LogP contribution is -2.39. The molecule has 0 radical (unpaired) electrons. The quantitative estimate of drug-likeness (QED) is 0.294. The lowest BCUT2D eigenvalue weighted by Gasteiger charge is -2.15. The van der Waals surface area contributed by atoms with Gasteiger partial charge in [0.15, 0.2) is 5.96 Å². The highest BCUT2D eigenvalue weighted by molar-refractivity contribution is 14.0. The number of nitrogens with one attached hydrogen (secondary N) is 2. The Morgan fingerprint density at radius 1 is 1.24 bits per heavy atom. The summed E-state index contributed by atoms with van der Waals surface area (Å²) in [6.45, 7) is 8.52. The van der Waals surface area contributed by atoms with E-state index in [9.17, 15) is 0 Å². The van der Waals surface area contributed by atoms with E-state index in [4.69, 9.17) is 10.1 Å². The van der Waals surface area contributed by atoms with Gasteiger partial charge in [0.2, 0.25) is 0 Å². The number of rotatable bonds is 10. The molecule has 1 fully saturated rings. The molecule has 1 saturated carbocycles. The van der Waals surface area contributed by atoms with Crippen LogP contribution < -0.4 is 10.6 Å². The largest absolute Gasteiger partial charge is 0.396 e. The highest BCUT2D eigenvalue weighted by Crippen LogP contribution is 2.34. The maximum Gasteiger partial charge on any atom is 0.191 e. The minimum atomic E-state index is 0. The molecule has 5 heteroatoms. The van der Waals surface area contributed by atoms with Crippen LogP contribution in [0.5, 0.6) is 0 Å². The van der Waals surface area contributed by atoms with E-state index in [2.05, 4.69) is 31.4 Å². The maximum absolute atomic E-state index is 9.10. The van der Waals surface area contributed by atoms with Gasteiger partial charge in [-0.15, -0.1) is 24.0 Å². The third kappa shape index (κ3) is 8.86. The monoisotopic (exact) mass is 411 g/mol. The Labute approximate surface area is 147 Å². The minimum Gasteiger partial charge on any atom is -0.396 e. The van der Waals surface area contributed by atoms with Crippen LogP contribution in [0.1, 0.15) is 59.3 Å². The number of aliphatic hydroxyl groups is 1. The van der Waals surface area contributed by atoms with E-state index in [0.717, 1.165) is 44.2 Å². The molecular weight excluding hydrogens is 377 g/mol. The fourth-order valence-corrected chi connectivity index (χ4v) is 2.75. The van der Waals surface area contributed by atoms with Gasteiger partial charge in [-0.05, 0) is 44.4 Å². The maximum atomic E-state index is 9.10. The summed E-state index contributed by atoms with van der Waals surface area (Å²) in [5.41, 5.74) is 0. The van der Waals surface area contributed by atoms with E-state index >= 15 is 0 Å². The minimum absolute atomic E-state index is 0. The van der Waals surface area contributed by atoms with Crippen molar-refractivity contribution in [1.82, 2.24) is 10.6 Å². The molecule has 126 valence electrons. The van der Waals surface area contributed by atoms with Gasteiger partial charge >= 0.3 is 0 Å². The first-order valence-electron chi connectivity index (χ1n) is 8.40. The van der Waals surface area contributed by atoms with Gasteiger partial charge in [0.05, 0.1) is 0 Å². The lowest BCUT2D eigenvalue weighted by molar-refractivity contribution is 0.253. The Hall–Kier alpha value is -0.0400. The summed E-state index contributed by atoms with van der Waals surface area (Å²) in [4.78, 5) is 4.71. The van der Waals surface area contributed by atoms with Crippen molar-refractivity contribution < 1.29 is 5.11 Å². The molecule has 0 aliphatic heterocycles. The van der Waals surface area contributed by atoms with Crippen LogP contribution in [0.4, 0.5) is 0 Å². The topological polar surface area (TPSA) is 56.7 Å². The number of guanidine groups is 1. The Morgan fingerprint density at radius 3 is 2.57 bits per heavy atom. The van der Waals surface area contributed by atoms with E-state index in [1.54, 1.807) is 0 Å². The molecule has 3 N–H and O–H groups in total. The first-order valence-corrected chi connectivity index (χ1v) is 8.40. The van der Waals surface area contributed by atoms with Gasteiger partial charge in [-0.2, -0.15) is 0 Å². The standard InChI is InChI=1S/C16H33N3O.HI/c1-4-7-13(9-10-20)12-18-16(17-6-3)19-15-11-14(15)8-5-2;/h13-15,20H,4-12H2,1-3H3,(H2,17,18,19);1H. The smallest absolute Gasteiger partial charge is 0.191 e. The SMILES string of the molecule is CCCC(CCO)CN=C(NCC)NC1CC1CCC.I. The zero-order valence-corrected chi connectivity index (χ0v) is 16.2. The zero-order valence-electron chi connectivity index (χ0n) is 13.9. The van der Waals surface area contributed by atoms with Crippen LogP contribution in [0.15, 0.2) is 4.99 Å². The summed E-state index contributed by atoms with van der Waals surface area (Å²) in [6.07, 6.45) is 7.04. The van der Waals surface area contributed by atoms with E-state index in [0.29, 0.717) is 12.0 Å². The van der Waals surface area contributed by atoms with Crippen molar-refractivity contribution in [3.05, 3.63) is 0 Å². The lowest BCUT2D eigenvalue weighted by atomic mass is 10.0. The van der Waals surface area contributed by atoms with Gasteiger partial charge in [0.1, 0.15) is 0 Å². The molecular formula is C16H34IN3O. The number of aliphatic imine (C=N–C) groups is 1. The molecule has 3 unspecified atom stereocenters. The molecule has 1 rings (SSSR count). The van der Waals surface area contributed by atoms with E-state index in [1.807, 2.05) is 0 Å². The van der Waals surface area contributed by atoms with Crippen molar-refractivity contribution >= 4 is 29.9 Å². The van der Waals surface area contributed by atoms with Crippen LogP contribution in [0.25, 0.3) is 0 Å². The third-order valence-corrected chi connectivity index (χ3v) is 3.99. The molecule has 21 heavy (non-hydrogen) atoms. The highest BCUT2D eigenvalue weighted by atomic mass is 127. The molecule has 0 amide bonds. The molecule has 1 aliphatic carbocycles. The van der Waals surface area contributed by atoms with Gasteiger partial charge in [0.25, 0.3) is 0 Å². The molecule has 0 aromatic carbocycles. The molecule has 0 bridgehead atoms. The molecule has 0 heterocycles. The molecule has 0 aromatic rings. The molecule has 1 aliphatic rings. The predicted molar refractivity (Wildman–Crippen MR) is 101 cm³/mol. The second kappa shape index (κ2) is 12.5. The second-order valence-electron chi connectivity index (χ2n) is 5.92. The van der Waals surface area contributed by atoms with Crippen LogP contribution in [-0.2, 0) is 0 Å². The van der Waals surface area contributed by atoms with Gasteiger partial charge in [-0.3, -0.25) is 4.99 Å². The van der Waals surface area contributed by atoms with Gasteiger partial charge in [0, 0.05) is 25.7 Å². The molecule has 0 saturated heterocycles. The van der Waals surface area contributed by atoms with E-state index in [-0.39, 0.29) is 30.6 Å². The van der Waals surface area contributed by atoms with Crippen LogP contribution in [0, 0.1) is 11.8 Å².